The van der Waals surface area contributed by atoms with Crippen molar-refractivity contribution in [2.24, 2.45) is 5.73 Å². The zero-order valence-corrected chi connectivity index (χ0v) is 12.3. The van der Waals surface area contributed by atoms with Crippen LogP contribution in [0.3, 0.4) is 0 Å². The summed E-state index contributed by atoms with van der Waals surface area (Å²) in [5.41, 5.74) is 7.18. The Hall–Kier alpha value is -1.92. The lowest BCUT2D eigenvalue weighted by molar-refractivity contribution is 0.256. The van der Waals surface area contributed by atoms with Gasteiger partial charge in [-0.3, -0.25) is 0 Å². The minimum absolute atomic E-state index is 0.0859. The number of aromatic nitrogens is 2. The Morgan fingerprint density at radius 3 is 3.00 bits per heavy atom. The highest BCUT2D eigenvalue weighted by Crippen LogP contribution is 2.37. The van der Waals surface area contributed by atoms with E-state index < -0.39 is 0 Å². The van der Waals surface area contributed by atoms with Gasteiger partial charge < -0.3 is 19.9 Å². The second kappa shape index (κ2) is 5.83. The predicted molar refractivity (Wildman–Crippen MR) is 78.2 cm³/mol. The SMILES string of the molecule is CN(C)CC(N)c1noc(C2CCOc3ccccc32)n1. The first-order chi connectivity index (χ1) is 10.1. The highest BCUT2D eigenvalue weighted by molar-refractivity contribution is 5.40. The van der Waals surface area contributed by atoms with Gasteiger partial charge in [0, 0.05) is 12.1 Å². The van der Waals surface area contributed by atoms with Gasteiger partial charge in [0.1, 0.15) is 5.75 Å². The number of ether oxygens (including phenoxy) is 1. The van der Waals surface area contributed by atoms with Gasteiger partial charge in [-0.1, -0.05) is 23.4 Å². The third kappa shape index (κ3) is 2.91. The molecule has 0 fully saturated rings. The number of hydrogen-bond donors (Lipinski definition) is 1. The molecule has 6 nitrogen and oxygen atoms in total. The molecule has 2 unspecified atom stereocenters. The van der Waals surface area contributed by atoms with Crippen molar-refractivity contribution in [1.82, 2.24) is 15.0 Å². The van der Waals surface area contributed by atoms with E-state index in [0.717, 1.165) is 17.7 Å². The summed E-state index contributed by atoms with van der Waals surface area (Å²) in [6.45, 7) is 1.34. The smallest absolute Gasteiger partial charge is 0.234 e. The minimum atomic E-state index is -0.243. The van der Waals surface area contributed by atoms with Crippen molar-refractivity contribution in [2.45, 2.75) is 18.4 Å². The molecular formula is C15H20N4O2. The van der Waals surface area contributed by atoms with Crippen LogP contribution in [0.5, 0.6) is 5.75 Å². The Balaban J connectivity index is 1.84. The van der Waals surface area contributed by atoms with Crippen LogP contribution in [0.25, 0.3) is 0 Å². The normalized spacial score (nSPS) is 19.1. The van der Waals surface area contributed by atoms with E-state index in [2.05, 4.69) is 10.1 Å². The summed E-state index contributed by atoms with van der Waals surface area (Å²) in [6, 6.07) is 7.73. The summed E-state index contributed by atoms with van der Waals surface area (Å²) in [4.78, 5) is 6.51. The third-order valence-corrected chi connectivity index (χ3v) is 3.61. The maximum absolute atomic E-state index is 6.08. The quantitative estimate of drug-likeness (QED) is 0.919. The molecular weight excluding hydrogens is 268 g/mol. The summed E-state index contributed by atoms with van der Waals surface area (Å²) in [7, 11) is 3.94. The predicted octanol–water partition coefficient (Wildman–Crippen LogP) is 1.55. The molecule has 0 spiro atoms. The van der Waals surface area contributed by atoms with Crippen LogP contribution in [0, 0.1) is 0 Å². The maximum atomic E-state index is 6.08. The zero-order chi connectivity index (χ0) is 14.8. The molecule has 3 rings (SSSR count). The number of para-hydroxylation sites is 1. The van der Waals surface area contributed by atoms with Crippen LogP contribution in [-0.2, 0) is 0 Å². The summed E-state index contributed by atoms with van der Waals surface area (Å²) >= 11 is 0. The molecule has 0 bridgehead atoms. The van der Waals surface area contributed by atoms with Crippen LogP contribution in [0.15, 0.2) is 28.8 Å². The van der Waals surface area contributed by atoms with Gasteiger partial charge in [0.25, 0.3) is 0 Å². The molecule has 1 aromatic carbocycles. The van der Waals surface area contributed by atoms with Crippen LogP contribution in [-0.4, -0.2) is 42.3 Å². The first kappa shape index (κ1) is 14.0. The van der Waals surface area contributed by atoms with Gasteiger partial charge >= 0.3 is 0 Å². The lowest BCUT2D eigenvalue weighted by Crippen LogP contribution is -2.27. The second-order valence-corrected chi connectivity index (χ2v) is 5.59. The van der Waals surface area contributed by atoms with Crippen LogP contribution in [0.2, 0.25) is 0 Å². The van der Waals surface area contributed by atoms with E-state index in [1.54, 1.807) is 0 Å². The van der Waals surface area contributed by atoms with Crippen molar-refractivity contribution in [1.29, 1.82) is 0 Å². The fourth-order valence-electron chi connectivity index (χ4n) is 2.61. The first-order valence-electron chi connectivity index (χ1n) is 7.10. The van der Waals surface area contributed by atoms with Crippen LogP contribution < -0.4 is 10.5 Å². The molecule has 2 heterocycles. The van der Waals surface area contributed by atoms with Crippen molar-refractivity contribution in [3.63, 3.8) is 0 Å². The highest BCUT2D eigenvalue weighted by Gasteiger charge is 2.28. The molecule has 21 heavy (non-hydrogen) atoms. The number of fused-ring (bicyclic) bond motifs is 1. The summed E-state index contributed by atoms with van der Waals surface area (Å²) in [5, 5.41) is 4.04. The maximum Gasteiger partial charge on any atom is 0.234 e. The standard InChI is InChI=1S/C15H20N4O2/c1-19(2)9-12(16)14-17-15(21-18-14)11-7-8-20-13-6-4-3-5-10(11)13/h3-6,11-12H,7-9,16H2,1-2H3. The van der Waals surface area contributed by atoms with Crippen molar-refractivity contribution >= 4 is 0 Å². The van der Waals surface area contributed by atoms with Crippen LogP contribution in [0.4, 0.5) is 0 Å². The average molecular weight is 288 g/mol. The highest BCUT2D eigenvalue weighted by atomic mass is 16.5. The molecule has 6 heteroatoms. The molecule has 2 aromatic rings. The van der Waals surface area contributed by atoms with E-state index >= 15 is 0 Å². The molecule has 1 aliphatic heterocycles. The second-order valence-electron chi connectivity index (χ2n) is 5.59. The van der Waals surface area contributed by atoms with Crippen molar-refractivity contribution in [3.05, 3.63) is 41.5 Å². The van der Waals surface area contributed by atoms with Crippen molar-refractivity contribution in [3.8, 4) is 5.75 Å². The molecule has 2 N–H and O–H groups in total. The number of nitrogens with zero attached hydrogens (tertiary/aromatic N) is 3. The fourth-order valence-corrected chi connectivity index (χ4v) is 2.61. The molecule has 112 valence electrons. The van der Waals surface area contributed by atoms with E-state index in [1.807, 2.05) is 43.3 Å². The fraction of sp³-hybridized carbons (Fsp3) is 0.467. The molecule has 2 atom stereocenters. The minimum Gasteiger partial charge on any atom is -0.493 e. The number of hydrogen-bond acceptors (Lipinski definition) is 6. The molecule has 0 amide bonds. The zero-order valence-electron chi connectivity index (χ0n) is 12.3. The van der Waals surface area contributed by atoms with Crippen LogP contribution >= 0.6 is 0 Å². The van der Waals surface area contributed by atoms with Gasteiger partial charge in [-0.15, -0.1) is 0 Å². The van der Waals surface area contributed by atoms with Gasteiger partial charge in [-0.25, -0.2) is 0 Å². The summed E-state index contributed by atoms with van der Waals surface area (Å²) in [5.74, 6) is 2.16. The lowest BCUT2D eigenvalue weighted by Gasteiger charge is -2.23. The molecule has 1 aromatic heterocycles. The molecule has 0 saturated carbocycles. The number of benzene rings is 1. The van der Waals surface area contributed by atoms with Crippen LogP contribution in [0.1, 0.15) is 35.7 Å². The van der Waals surface area contributed by atoms with Crippen molar-refractivity contribution < 1.29 is 9.26 Å². The Kier molecular flexibility index (Phi) is 3.90. The van der Waals surface area contributed by atoms with Gasteiger partial charge in [-0.2, -0.15) is 4.98 Å². The van der Waals surface area contributed by atoms with E-state index in [1.165, 1.54) is 0 Å². The molecule has 1 aliphatic rings. The molecule has 0 radical (unpaired) electrons. The van der Waals surface area contributed by atoms with Crippen molar-refractivity contribution in [2.75, 3.05) is 27.2 Å². The first-order valence-corrected chi connectivity index (χ1v) is 7.10. The molecule has 0 aliphatic carbocycles. The van der Waals surface area contributed by atoms with E-state index in [4.69, 9.17) is 15.0 Å². The third-order valence-electron chi connectivity index (χ3n) is 3.61. The van der Waals surface area contributed by atoms with E-state index in [-0.39, 0.29) is 12.0 Å². The summed E-state index contributed by atoms with van der Waals surface area (Å²) < 4.78 is 11.1. The van der Waals surface area contributed by atoms with Gasteiger partial charge in [0.05, 0.1) is 18.6 Å². The topological polar surface area (TPSA) is 77.4 Å². The number of likely N-dealkylation sites (N-methyl/N-ethyl adjacent to an activating group) is 1. The molecule has 0 saturated heterocycles. The number of rotatable bonds is 4. The largest absolute Gasteiger partial charge is 0.493 e. The van der Waals surface area contributed by atoms with Gasteiger partial charge in [-0.05, 0) is 26.6 Å². The van der Waals surface area contributed by atoms with Gasteiger partial charge in [0.2, 0.25) is 5.89 Å². The Labute approximate surface area is 123 Å². The lowest BCUT2D eigenvalue weighted by atomic mass is 9.93. The Bertz CT molecular complexity index is 611. The van der Waals surface area contributed by atoms with E-state index in [9.17, 15) is 0 Å². The Morgan fingerprint density at radius 1 is 1.38 bits per heavy atom. The Morgan fingerprint density at radius 2 is 2.19 bits per heavy atom. The number of nitrogens with two attached hydrogens (primary N) is 1. The van der Waals surface area contributed by atoms with E-state index in [0.29, 0.717) is 24.9 Å². The monoisotopic (exact) mass is 288 g/mol. The van der Waals surface area contributed by atoms with Gasteiger partial charge in [0.15, 0.2) is 5.82 Å². The average Bonchev–Trinajstić information content (AvgIpc) is 2.95. The summed E-state index contributed by atoms with van der Waals surface area (Å²) in [6.07, 6.45) is 0.835.